The molecule has 9 heteroatoms. The third-order valence-corrected chi connectivity index (χ3v) is 3.98. The molecule has 0 aliphatic heterocycles. The summed E-state index contributed by atoms with van der Waals surface area (Å²) in [5, 5.41) is 9.70. The van der Waals surface area contributed by atoms with Crippen molar-refractivity contribution in [1.29, 1.82) is 0 Å². The van der Waals surface area contributed by atoms with Crippen molar-refractivity contribution >= 4 is 62.7 Å². The summed E-state index contributed by atoms with van der Waals surface area (Å²) in [5.74, 6) is 0.892. The summed E-state index contributed by atoms with van der Waals surface area (Å²) in [6.45, 7) is 0. The van der Waals surface area contributed by atoms with E-state index in [0.29, 0.717) is 38.2 Å². The molecule has 2 aromatic heterocycles. The van der Waals surface area contributed by atoms with Crippen LogP contribution in [0.2, 0.25) is 10.0 Å². The normalized spacial score (nSPS) is 10.5. The Bertz CT molecular complexity index is 793. The number of nitrogens with zero attached hydrogens (tertiary/aromatic N) is 3. The van der Waals surface area contributed by atoms with Crippen LogP contribution in [0.3, 0.4) is 0 Å². The molecule has 0 fully saturated rings. The highest BCUT2D eigenvalue weighted by Gasteiger charge is 2.11. The Kier molecular flexibility index (Phi) is 4.28. The summed E-state index contributed by atoms with van der Waals surface area (Å²) in [5.41, 5.74) is 7.05. The fraction of sp³-hybridized carbons (Fsp3) is 0. The number of thiazole rings is 1. The summed E-state index contributed by atoms with van der Waals surface area (Å²) in [4.78, 5) is 12.4. The summed E-state index contributed by atoms with van der Waals surface area (Å²) in [7, 11) is 0. The summed E-state index contributed by atoms with van der Waals surface area (Å²) in [6.07, 6.45) is 3.09. The van der Waals surface area contributed by atoms with Gasteiger partial charge in [0.15, 0.2) is 16.8 Å². The van der Waals surface area contributed by atoms with E-state index in [1.54, 1.807) is 24.4 Å². The van der Waals surface area contributed by atoms with Crippen molar-refractivity contribution in [3.63, 3.8) is 0 Å². The molecule has 2 heterocycles. The Morgan fingerprint density at radius 2 is 1.82 bits per heavy atom. The Morgan fingerprint density at radius 3 is 2.55 bits per heavy atom. The van der Waals surface area contributed by atoms with Gasteiger partial charge in [-0.05, 0) is 18.2 Å². The number of nitrogens with two attached hydrogens (primary N) is 1. The Labute approximate surface area is 140 Å². The lowest BCUT2D eigenvalue weighted by Crippen LogP contribution is -2.05. The lowest BCUT2D eigenvalue weighted by molar-refractivity contribution is 1.17. The highest BCUT2D eigenvalue weighted by molar-refractivity contribution is 7.13. The number of anilines is 5. The second-order valence-corrected chi connectivity index (χ2v) is 5.93. The van der Waals surface area contributed by atoms with E-state index < -0.39 is 0 Å². The molecule has 0 radical (unpaired) electrons. The molecule has 0 spiro atoms. The lowest BCUT2D eigenvalue weighted by Gasteiger charge is -2.12. The Balaban J connectivity index is 1.89. The first-order valence-corrected chi connectivity index (χ1v) is 7.76. The molecular weight excluding hydrogens is 343 g/mol. The number of hydrogen-bond acceptors (Lipinski definition) is 7. The number of nitrogen functional groups attached to an aromatic ring is 1. The molecule has 6 nitrogen and oxygen atoms in total. The zero-order chi connectivity index (χ0) is 15.5. The van der Waals surface area contributed by atoms with Gasteiger partial charge in [-0.1, -0.05) is 23.2 Å². The maximum absolute atomic E-state index is 6.12. The number of aromatic nitrogens is 3. The van der Waals surface area contributed by atoms with Crippen molar-refractivity contribution in [2.24, 2.45) is 0 Å². The van der Waals surface area contributed by atoms with E-state index in [1.165, 1.54) is 17.7 Å². The smallest absolute Gasteiger partial charge is 0.188 e. The SMILES string of the molecule is Nc1c(Nc2nccs2)ncnc1Nc1cc(Cl)ccc1Cl. The highest BCUT2D eigenvalue weighted by Crippen LogP contribution is 2.32. The minimum Gasteiger partial charge on any atom is -0.393 e. The average molecular weight is 353 g/mol. The molecule has 0 saturated carbocycles. The molecule has 3 aromatic rings. The van der Waals surface area contributed by atoms with E-state index in [0.717, 1.165) is 0 Å². The molecular formula is C13H10Cl2N6S. The number of benzene rings is 1. The minimum atomic E-state index is 0.355. The number of hydrogen-bond donors (Lipinski definition) is 3. The zero-order valence-electron chi connectivity index (χ0n) is 11.0. The maximum atomic E-state index is 6.12. The molecule has 0 aliphatic rings. The fourth-order valence-electron chi connectivity index (χ4n) is 1.70. The lowest BCUT2D eigenvalue weighted by atomic mass is 10.3. The third kappa shape index (κ3) is 3.22. The molecule has 3 rings (SSSR count). The average Bonchev–Trinajstić information content (AvgIpc) is 3.00. The predicted octanol–water partition coefficient (Wildman–Crippen LogP) is 4.31. The monoisotopic (exact) mass is 352 g/mol. The van der Waals surface area contributed by atoms with Crippen LogP contribution < -0.4 is 16.4 Å². The van der Waals surface area contributed by atoms with Gasteiger partial charge in [-0.2, -0.15) is 0 Å². The first-order chi connectivity index (χ1) is 10.6. The Morgan fingerprint density at radius 1 is 1.05 bits per heavy atom. The van der Waals surface area contributed by atoms with Crippen LogP contribution in [0, 0.1) is 0 Å². The van der Waals surface area contributed by atoms with E-state index in [4.69, 9.17) is 28.9 Å². The Hall–Kier alpha value is -2.09. The van der Waals surface area contributed by atoms with Crippen LogP contribution in [-0.2, 0) is 0 Å². The summed E-state index contributed by atoms with van der Waals surface area (Å²) in [6, 6.07) is 5.09. The van der Waals surface area contributed by atoms with E-state index in [-0.39, 0.29) is 0 Å². The second kappa shape index (κ2) is 6.35. The van der Waals surface area contributed by atoms with Crippen LogP contribution in [0.5, 0.6) is 0 Å². The van der Waals surface area contributed by atoms with Gasteiger partial charge in [0.2, 0.25) is 0 Å². The van der Waals surface area contributed by atoms with Crippen LogP contribution in [0.15, 0.2) is 36.1 Å². The fourth-order valence-corrected chi connectivity index (χ4v) is 2.57. The maximum Gasteiger partial charge on any atom is 0.188 e. The van der Waals surface area contributed by atoms with Crippen LogP contribution in [0.25, 0.3) is 0 Å². The quantitative estimate of drug-likeness (QED) is 0.648. The molecule has 0 aliphatic carbocycles. The molecule has 112 valence electrons. The van der Waals surface area contributed by atoms with Crippen molar-refractivity contribution in [2.45, 2.75) is 0 Å². The molecule has 0 atom stereocenters. The number of halogens is 2. The first kappa shape index (κ1) is 14.8. The van der Waals surface area contributed by atoms with Crippen molar-refractivity contribution in [1.82, 2.24) is 15.0 Å². The predicted molar refractivity (Wildman–Crippen MR) is 91.6 cm³/mol. The molecule has 22 heavy (non-hydrogen) atoms. The number of rotatable bonds is 4. The van der Waals surface area contributed by atoms with Crippen molar-refractivity contribution < 1.29 is 0 Å². The van der Waals surface area contributed by atoms with Gasteiger partial charge in [0.25, 0.3) is 0 Å². The first-order valence-electron chi connectivity index (χ1n) is 6.12. The minimum absolute atomic E-state index is 0.355. The molecule has 0 bridgehead atoms. The van der Waals surface area contributed by atoms with Gasteiger partial charge in [-0.15, -0.1) is 11.3 Å². The van der Waals surface area contributed by atoms with Crippen molar-refractivity contribution in [2.75, 3.05) is 16.4 Å². The standard InChI is InChI=1S/C13H10Cl2N6S/c14-7-1-2-8(15)9(5-7)20-11-10(16)12(19-6-18-11)21-13-17-3-4-22-13/h1-6H,16H2,(H2,17,18,19,20,21). The van der Waals surface area contributed by atoms with Gasteiger partial charge in [-0.3, -0.25) is 0 Å². The van der Waals surface area contributed by atoms with Gasteiger partial charge in [0, 0.05) is 16.6 Å². The largest absolute Gasteiger partial charge is 0.393 e. The highest BCUT2D eigenvalue weighted by atomic mass is 35.5. The molecule has 0 unspecified atom stereocenters. The van der Waals surface area contributed by atoms with Gasteiger partial charge < -0.3 is 16.4 Å². The third-order valence-electron chi connectivity index (χ3n) is 2.72. The van der Waals surface area contributed by atoms with E-state index in [9.17, 15) is 0 Å². The van der Waals surface area contributed by atoms with E-state index >= 15 is 0 Å². The van der Waals surface area contributed by atoms with Gasteiger partial charge in [-0.25, -0.2) is 15.0 Å². The molecule has 0 amide bonds. The van der Waals surface area contributed by atoms with Crippen molar-refractivity contribution in [3.8, 4) is 0 Å². The molecule has 1 aromatic carbocycles. The van der Waals surface area contributed by atoms with Gasteiger partial charge in [0.1, 0.15) is 12.0 Å². The molecule has 4 N–H and O–H groups in total. The second-order valence-electron chi connectivity index (χ2n) is 4.20. The summed E-state index contributed by atoms with van der Waals surface area (Å²) >= 11 is 13.5. The van der Waals surface area contributed by atoms with Crippen LogP contribution >= 0.6 is 34.5 Å². The van der Waals surface area contributed by atoms with Crippen molar-refractivity contribution in [3.05, 3.63) is 46.1 Å². The number of nitrogens with one attached hydrogen (secondary N) is 2. The van der Waals surface area contributed by atoms with Crippen LogP contribution in [0.1, 0.15) is 0 Å². The topological polar surface area (TPSA) is 88.8 Å². The van der Waals surface area contributed by atoms with Gasteiger partial charge >= 0.3 is 0 Å². The summed E-state index contributed by atoms with van der Waals surface area (Å²) < 4.78 is 0. The van der Waals surface area contributed by atoms with Gasteiger partial charge in [0.05, 0.1) is 10.7 Å². The van der Waals surface area contributed by atoms with E-state index in [2.05, 4.69) is 25.6 Å². The molecule has 0 saturated heterocycles. The van der Waals surface area contributed by atoms with Crippen LogP contribution in [-0.4, -0.2) is 15.0 Å². The van der Waals surface area contributed by atoms with Crippen LogP contribution in [0.4, 0.5) is 28.1 Å². The van der Waals surface area contributed by atoms with E-state index in [1.807, 2.05) is 5.38 Å². The zero-order valence-corrected chi connectivity index (χ0v) is 13.4.